The van der Waals surface area contributed by atoms with Gasteiger partial charge in [-0.2, -0.15) is 9.57 Å². The Hall–Kier alpha value is -0.420. The zero-order chi connectivity index (χ0) is 13.1. The van der Waals surface area contributed by atoms with Crippen molar-refractivity contribution in [2.75, 3.05) is 6.54 Å². The summed E-state index contributed by atoms with van der Waals surface area (Å²) in [5.74, 6) is 0. The highest BCUT2D eigenvalue weighted by Crippen LogP contribution is 2.31. The van der Waals surface area contributed by atoms with E-state index in [2.05, 4.69) is 15.9 Å². The van der Waals surface area contributed by atoms with Crippen LogP contribution >= 0.6 is 27.3 Å². The average molecular weight is 337 g/mol. The standard InChI is InChI=1S/C10H13BrN2O2S2/c1-8(2)13(6-3-5-12)17(14,15)10-9(11)4-7-16-10/h4,7-8H,3,6H2,1-2H3. The van der Waals surface area contributed by atoms with E-state index < -0.39 is 10.0 Å². The van der Waals surface area contributed by atoms with E-state index >= 15 is 0 Å². The van der Waals surface area contributed by atoms with Gasteiger partial charge in [-0.1, -0.05) is 0 Å². The lowest BCUT2D eigenvalue weighted by Gasteiger charge is -2.24. The Morgan fingerprint density at radius 1 is 1.59 bits per heavy atom. The van der Waals surface area contributed by atoms with Crippen molar-refractivity contribution in [3.63, 3.8) is 0 Å². The molecule has 7 heteroatoms. The van der Waals surface area contributed by atoms with Crippen LogP contribution in [-0.4, -0.2) is 25.3 Å². The van der Waals surface area contributed by atoms with E-state index in [-0.39, 0.29) is 19.0 Å². The molecular formula is C10H13BrN2O2S2. The van der Waals surface area contributed by atoms with Crippen LogP contribution in [0.15, 0.2) is 20.1 Å². The number of halogens is 1. The molecule has 1 aromatic heterocycles. The summed E-state index contributed by atoms with van der Waals surface area (Å²) < 4.78 is 26.9. The number of thiophene rings is 1. The van der Waals surface area contributed by atoms with Crippen LogP contribution in [0, 0.1) is 11.3 Å². The Morgan fingerprint density at radius 3 is 2.65 bits per heavy atom. The molecule has 0 fully saturated rings. The summed E-state index contributed by atoms with van der Waals surface area (Å²) >= 11 is 4.40. The lowest BCUT2D eigenvalue weighted by Crippen LogP contribution is -2.37. The normalized spacial score (nSPS) is 12.0. The molecule has 1 heterocycles. The number of sulfonamides is 1. The van der Waals surface area contributed by atoms with Crippen LogP contribution in [0.25, 0.3) is 0 Å². The van der Waals surface area contributed by atoms with Gasteiger partial charge in [0.25, 0.3) is 10.0 Å². The Morgan fingerprint density at radius 2 is 2.24 bits per heavy atom. The molecule has 0 amide bonds. The molecule has 0 spiro atoms. The lowest BCUT2D eigenvalue weighted by molar-refractivity contribution is 0.361. The van der Waals surface area contributed by atoms with Crippen molar-refractivity contribution < 1.29 is 8.42 Å². The molecule has 94 valence electrons. The predicted molar refractivity (Wildman–Crippen MR) is 71.3 cm³/mol. The van der Waals surface area contributed by atoms with Gasteiger partial charge in [0.05, 0.1) is 6.07 Å². The molecular weight excluding hydrogens is 324 g/mol. The summed E-state index contributed by atoms with van der Waals surface area (Å²) in [4.78, 5) is 0. The van der Waals surface area contributed by atoms with Gasteiger partial charge < -0.3 is 0 Å². The quantitative estimate of drug-likeness (QED) is 0.830. The second-order valence-electron chi connectivity index (χ2n) is 3.67. The number of rotatable bonds is 5. The van der Waals surface area contributed by atoms with Gasteiger partial charge in [-0.05, 0) is 41.2 Å². The van der Waals surface area contributed by atoms with Gasteiger partial charge in [0, 0.05) is 23.5 Å². The fourth-order valence-corrected chi connectivity index (χ4v) is 5.45. The van der Waals surface area contributed by atoms with Crippen molar-refractivity contribution >= 4 is 37.3 Å². The number of hydrogen-bond donors (Lipinski definition) is 0. The topological polar surface area (TPSA) is 61.2 Å². The number of nitriles is 1. The zero-order valence-corrected chi connectivity index (χ0v) is 12.8. The monoisotopic (exact) mass is 336 g/mol. The summed E-state index contributed by atoms with van der Waals surface area (Å²) in [5, 5.41) is 10.3. The predicted octanol–water partition coefficient (Wildman–Crippen LogP) is 2.82. The van der Waals surface area contributed by atoms with Gasteiger partial charge in [-0.25, -0.2) is 8.42 Å². The molecule has 0 saturated heterocycles. The first-order valence-corrected chi connectivity index (χ1v) is 8.14. The van der Waals surface area contributed by atoms with E-state index in [4.69, 9.17) is 5.26 Å². The maximum atomic E-state index is 12.4. The summed E-state index contributed by atoms with van der Waals surface area (Å²) in [5.41, 5.74) is 0. The van der Waals surface area contributed by atoms with E-state index in [9.17, 15) is 8.42 Å². The molecule has 0 saturated carbocycles. The van der Waals surface area contributed by atoms with Crippen molar-refractivity contribution in [3.05, 3.63) is 15.9 Å². The minimum Gasteiger partial charge on any atom is -0.206 e. The van der Waals surface area contributed by atoms with E-state index in [0.29, 0.717) is 8.68 Å². The summed E-state index contributed by atoms with van der Waals surface area (Å²) in [6.07, 6.45) is 0.195. The van der Waals surface area contributed by atoms with Gasteiger partial charge >= 0.3 is 0 Å². The zero-order valence-electron chi connectivity index (χ0n) is 9.55. The van der Waals surface area contributed by atoms with E-state index in [0.717, 1.165) is 0 Å². The highest BCUT2D eigenvalue weighted by molar-refractivity contribution is 9.10. The molecule has 1 aromatic rings. The van der Waals surface area contributed by atoms with Gasteiger partial charge in [0.2, 0.25) is 0 Å². The van der Waals surface area contributed by atoms with Crippen LogP contribution in [0.5, 0.6) is 0 Å². The van der Waals surface area contributed by atoms with Crippen LogP contribution in [-0.2, 0) is 10.0 Å². The minimum atomic E-state index is -3.51. The summed E-state index contributed by atoms with van der Waals surface area (Å²) in [6, 6.07) is 3.51. The lowest BCUT2D eigenvalue weighted by atomic mass is 10.3. The molecule has 4 nitrogen and oxygen atoms in total. The van der Waals surface area contributed by atoms with E-state index in [1.54, 1.807) is 25.3 Å². The van der Waals surface area contributed by atoms with Crippen molar-refractivity contribution in [3.8, 4) is 6.07 Å². The third kappa shape index (κ3) is 3.28. The van der Waals surface area contributed by atoms with E-state index in [1.165, 1.54) is 15.6 Å². The first kappa shape index (κ1) is 14.6. The molecule has 0 aliphatic carbocycles. The van der Waals surface area contributed by atoms with Gasteiger partial charge in [-0.3, -0.25) is 0 Å². The number of hydrogen-bond acceptors (Lipinski definition) is 4. The fraction of sp³-hybridized carbons (Fsp3) is 0.500. The molecule has 0 aromatic carbocycles. The van der Waals surface area contributed by atoms with Gasteiger partial charge in [0.1, 0.15) is 4.21 Å². The van der Waals surface area contributed by atoms with Crippen LogP contribution in [0.3, 0.4) is 0 Å². The average Bonchev–Trinajstić information content (AvgIpc) is 2.64. The molecule has 0 radical (unpaired) electrons. The first-order chi connectivity index (χ1) is 7.91. The van der Waals surface area contributed by atoms with Crippen LogP contribution in [0.1, 0.15) is 20.3 Å². The number of nitrogens with zero attached hydrogens (tertiary/aromatic N) is 2. The van der Waals surface area contributed by atoms with Crippen LogP contribution in [0.4, 0.5) is 0 Å². The molecule has 17 heavy (non-hydrogen) atoms. The molecule has 0 unspecified atom stereocenters. The molecule has 0 aliphatic rings. The second kappa shape index (κ2) is 5.96. The maximum Gasteiger partial charge on any atom is 0.253 e. The summed E-state index contributed by atoms with van der Waals surface area (Å²) in [6.45, 7) is 3.83. The Kier molecular flexibility index (Phi) is 5.13. The van der Waals surface area contributed by atoms with Crippen molar-refractivity contribution in [1.29, 1.82) is 5.26 Å². The SMILES string of the molecule is CC(C)N(CCC#N)S(=O)(=O)c1sccc1Br. The largest absolute Gasteiger partial charge is 0.253 e. The third-order valence-electron chi connectivity index (χ3n) is 2.15. The minimum absolute atomic E-state index is 0.164. The first-order valence-electron chi connectivity index (χ1n) is 5.03. The fourth-order valence-electron chi connectivity index (χ4n) is 1.39. The molecule has 0 aliphatic heterocycles. The van der Waals surface area contributed by atoms with Crippen molar-refractivity contribution in [2.24, 2.45) is 0 Å². The van der Waals surface area contributed by atoms with Crippen LogP contribution < -0.4 is 0 Å². The smallest absolute Gasteiger partial charge is 0.206 e. The molecule has 0 bridgehead atoms. The summed E-state index contributed by atoms with van der Waals surface area (Å²) in [7, 11) is -3.51. The van der Waals surface area contributed by atoms with Crippen LogP contribution in [0.2, 0.25) is 0 Å². The van der Waals surface area contributed by atoms with Crippen molar-refractivity contribution in [1.82, 2.24) is 4.31 Å². The molecule has 0 atom stereocenters. The van der Waals surface area contributed by atoms with Gasteiger partial charge in [0.15, 0.2) is 0 Å². The van der Waals surface area contributed by atoms with E-state index in [1.807, 2.05) is 6.07 Å². The Balaban J connectivity index is 3.10. The molecule has 0 N–H and O–H groups in total. The third-order valence-corrected chi connectivity index (χ3v) is 6.87. The highest BCUT2D eigenvalue weighted by atomic mass is 79.9. The second-order valence-corrected chi connectivity index (χ2v) is 7.53. The highest BCUT2D eigenvalue weighted by Gasteiger charge is 2.29. The maximum absolute atomic E-state index is 12.4. The molecule has 1 rings (SSSR count). The Labute approximate surface area is 114 Å². The Bertz CT molecular complexity index is 517. The van der Waals surface area contributed by atoms with Gasteiger partial charge in [-0.15, -0.1) is 11.3 Å². The van der Waals surface area contributed by atoms with Crippen molar-refractivity contribution in [2.45, 2.75) is 30.5 Å².